The zero-order valence-corrected chi connectivity index (χ0v) is 12.0. The maximum atomic E-state index is 10.4. The van der Waals surface area contributed by atoms with Gasteiger partial charge in [0.25, 0.3) is 0 Å². The Labute approximate surface area is 128 Å². The van der Waals surface area contributed by atoms with Crippen LogP contribution in [0.3, 0.4) is 0 Å². The van der Waals surface area contributed by atoms with Crippen molar-refractivity contribution in [3.05, 3.63) is 27.2 Å². The Morgan fingerprint density at radius 2 is 2.19 bits per heavy atom. The highest BCUT2D eigenvalue weighted by Gasteiger charge is 2.60. The Morgan fingerprint density at radius 1 is 1.38 bits per heavy atom. The van der Waals surface area contributed by atoms with Crippen LogP contribution in [0.25, 0.3) is 21.6 Å². The molecule has 2 aliphatic carbocycles. The van der Waals surface area contributed by atoms with Gasteiger partial charge < -0.3 is 9.67 Å². The minimum absolute atomic E-state index is 0.0284. The van der Waals surface area contributed by atoms with E-state index in [1.807, 2.05) is 0 Å². The largest absolute Gasteiger partial charge is 0.391 e. The summed E-state index contributed by atoms with van der Waals surface area (Å²) in [5.41, 5.74) is 9.54. The predicted octanol–water partition coefficient (Wildman–Crippen LogP) is 2.36. The Morgan fingerprint density at radius 3 is 2.95 bits per heavy atom. The smallest absolute Gasteiger partial charge is 0.225 e. The van der Waals surface area contributed by atoms with Crippen LogP contribution in [0.5, 0.6) is 0 Å². The van der Waals surface area contributed by atoms with Gasteiger partial charge in [-0.2, -0.15) is 4.98 Å². The highest BCUT2D eigenvalue weighted by molar-refractivity contribution is 6.35. The van der Waals surface area contributed by atoms with Crippen LogP contribution < -0.4 is 0 Å². The lowest BCUT2D eigenvalue weighted by Crippen LogP contribution is -2.30. The van der Waals surface area contributed by atoms with E-state index < -0.39 is 12.1 Å². The molecule has 0 aliphatic heterocycles. The van der Waals surface area contributed by atoms with Gasteiger partial charge in [-0.3, -0.25) is 0 Å². The molecule has 2 heterocycles. The summed E-state index contributed by atoms with van der Waals surface area (Å²) in [6.45, 7) is 0. The molecule has 0 amide bonds. The van der Waals surface area contributed by atoms with Crippen LogP contribution in [0.4, 0.5) is 0 Å². The molecule has 2 aromatic heterocycles. The summed E-state index contributed by atoms with van der Waals surface area (Å²) in [5, 5.41) is 14.3. The molecular formula is C11H9Cl2N7O. The average Bonchev–Trinajstić information content (AvgIpc) is 3.01. The molecule has 8 nitrogen and oxygen atoms in total. The molecule has 0 saturated heterocycles. The number of aromatic nitrogens is 4. The molecule has 0 spiro atoms. The van der Waals surface area contributed by atoms with Crippen molar-refractivity contribution < 1.29 is 5.11 Å². The third-order valence-corrected chi connectivity index (χ3v) is 4.76. The fourth-order valence-corrected chi connectivity index (χ4v) is 3.81. The van der Waals surface area contributed by atoms with Gasteiger partial charge in [0, 0.05) is 4.91 Å². The summed E-state index contributed by atoms with van der Waals surface area (Å²) < 4.78 is 1.76. The standard InChI is InChI=1S/C11H9Cl2N7O/c12-9-6-10(17-11(13)16-9)20(2-15-6)7-4-1-3(4)5(8(7)21)18-19-14/h2-5,7-8,21H,1H2/t3-,4+,5+,7+,8+/m0/s1. The average molecular weight is 326 g/mol. The van der Waals surface area contributed by atoms with Crippen molar-refractivity contribution in [2.45, 2.75) is 24.6 Å². The number of aliphatic hydroxyl groups excluding tert-OH is 1. The third-order valence-electron chi connectivity index (χ3n) is 4.33. The van der Waals surface area contributed by atoms with E-state index in [9.17, 15) is 5.11 Å². The highest BCUT2D eigenvalue weighted by Crippen LogP contribution is 2.59. The van der Waals surface area contributed by atoms with Gasteiger partial charge in [0.1, 0.15) is 5.52 Å². The monoisotopic (exact) mass is 325 g/mol. The lowest BCUT2D eigenvalue weighted by atomic mass is 10.1. The van der Waals surface area contributed by atoms with Crippen LogP contribution in [0, 0.1) is 11.8 Å². The van der Waals surface area contributed by atoms with Gasteiger partial charge in [-0.15, -0.1) is 0 Å². The zero-order chi connectivity index (χ0) is 14.7. The second-order valence-corrected chi connectivity index (χ2v) is 6.04. The number of fused-ring (bicyclic) bond motifs is 2. The summed E-state index contributed by atoms with van der Waals surface area (Å²) in [6, 6.07) is -0.646. The van der Waals surface area contributed by atoms with E-state index in [1.54, 1.807) is 10.9 Å². The minimum atomic E-state index is -0.769. The number of rotatable bonds is 2. The van der Waals surface area contributed by atoms with Crippen LogP contribution >= 0.6 is 23.2 Å². The Kier molecular flexibility index (Phi) is 2.77. The summed E-state index contributed by atoms with van der Waals surface area (Å²) in [4.78, 5) is 15.0. The number of nitrogens with zero attached hydrogens (tertiary/aromatic N) is 7. The van der Waals surface area contributed by atoms with Gasteiger partial charge in [-0.05, 0) is 35.4 Å². The number of halogens is 2. The van der Waals surface area contributed by atoms with Gasteiger partial charge in [-0.1, -0.05) is 16.7 Å². The summed E-state index contributed by atoms with van der Waals surface area (Å²) in [5.74, 6) is 0.464. The van der Waals surface area contributed by atoms with E-state index in [0.717, 1.165) is 6.42 Å². The maximum absolute atomic E-state index is 10.4. The molecule has 1 N–H and O–H groups in total. The van der Waals surface area contributed by atoms with Crippen LogP contribution in [0.2, 0.25) is 10.4 Å². The first-order valence-corrected chi connectivity index (χ1v) is 7.15. The molecule has 0 bridgehead atoms. The second kappa shape index (κ2) is 4.45. The molecule has 2 aliphatic rings. The second-order valence-electron chi connectivity index (χ2n) is 5.35. The third kappa shape index (κ3) is 1.80. The van der Waals surface area contributed by atoms with E-state index in [4.69, 9.17) is 28.7 Å². The minimum Gasteiger partial charge on any atom is -0.391 e. The van der Waals surface area contributed by atoms with E-state index in [-0.39, 0.29) is 28.3 Å². The van der Waals surface area contributed by atoms with E-state index in [2.05, 4.69) is 25.0 Å². The first kappa shape index (κ1) is 13.1. The molecule has 5 atom stereocenters. The summed E-state index contributed by atoms with van der Waals surface area (Å²) >= 11 is 11.8. The number of hydrogen-bond acceptors (Lipinski definition) is 5. The predicted molar refractivity (Wildman–Crippen MR) is 74.9 cm³/mol. The van der Waals surface area contributed by atoms with E-state index in [0.29, 0.717) is 11.2 Å². The Bertz CT molecular complexity index is 786. The molecule has 21 heavy (non-hydrogen) atoms. The van der Waals surface area contributed by atoms with Gasteiger partial charge in [-0.25, -0.2) is 9.97 Å². The fourth-order valence-electron chi connectivity index (χ4n) is 3.39. The van der Waals surface area contributed by atoms with E-state index in [1.165, 1.54) is 0 Å². The van der Waals surface area contributed by atoms with Gasteiger partial charge in [0.2, 0.25) is 5.28 Å². The quantitative estimate of drug-likeness (QED) is 0.300. The van der Waals surface area contributed by atoms with E-state index >= 15 is 0 Å². The molecule has 2 aromatic rings. The molecular weight excluding hydrogens is 317 g/mol. The summed E-state index contributed by atoms with van der Waals surface area (Å²) in [7, 11) is 0. The lowest BCUT2D eigenvalue weighted by molar-refractivity contribution is 0.104. The van der Waals surface area contributed by atoms with Gasteiger partial charge in [0.05, 0.1) is 24.5 Å². The highest BCUT2D eigenvalue weighted by atomic mass is 35.5. The normalized spacial score (nSPS) is 33.8. The van der Waals surface area contributed by atoms with Crippen molar-refractivity contribution in [3.63, 3.8) is 0 Å². The SMILES string of the molecule is [N-]=[N+]=N[C@H]1[C@@H](O)[C@H](n2cnc3c(Cl)nc(Cl)nc32)[C@@H]2C[C@@H]21. The molecule has 4 rings (SSSR count). The number of hydrogen-bond donors (Lipinski definition) is 1. The molecule has 0 unspecified atom stereocenters. The van der Waals surface area contributed by atoms with Gasteiger partial charge >= 0.3 is 0 Å². The fraction of sp³-hybridized carbons (Fsp3) is 0.545. The molecule has 0 aromatic carbocycles. The van der Waals surface area contributed by atoms with Crippen LogP contribution in [0.1, 0.15) is 12.5 Å². The van der Waals surface area contributed by atoms with Crippen LogP contribution in [-0.2, 0) is 0 Å². The Hall–Kier alpha value is -1.60. The molecule has 0 radical (unpaired) electrons. The molecule has 2 saturated carbocycles. The molecule has 2 fully saturated rings. The topological polar surface area (TPSA) is 113 Å². The van der Waals surface area contributed by atoms with Crippen molar-refractivity contribution in [2.75, 3.05) is 0 Å². The maximum Gasteiger partial charge on any atom is 0.225 e. The zero-order valence-electron chi connectivity index (χ0n) is 10.5. The first-order valence-electron chi connectivity index (χ1n) is 6.39. The van der Waals surface area contributed by atoms with Crippen LogP contribution in [0.15, 0.2) is 11.4 Å². The van der Waals surface area contributed by atoms with Gasteiger partial charge in [0.15, 0.2) is 10.8 Å². The number of aliphatic hydroxyl groups is 1. The summed E-state index contributed by atoms with van der Waals surface area (Å²) in [6.07, 6.45) is 1.72. The van der Waals surface area contributed by atoms with Crippen LogP contribution in [-0.4, -0.2) is 36.8 Å². The Balaban J connectivity index is 1.83. The van der Waals surface area contributed by atoms with Crippen molar-refractivity contribution in [1.82, 2.24) is 19.5 Å². The van der Waals surface area contributed by atoms with Crippen molar-refractivity contribution >= 4 is 34.4 Å². The first-order chi connectivity index (χ1) is 10.1. The van der Waals surface area contributed by atoms with Crippen molar-refractivity contribution in [2.24, 2.45) is 17.0 Å². The van der Waals surface area contributed by atoms with Crippen molar-refractivity contribution in [1.29, 1.82) is 0 Å². The molecule has 108 valence electrons. The lowest BCUT2D eigenvalue weighted by Gasteiger charge is -2.22. The molecule has 10 heteroatoms. The van der Waals surface area contributed by atoms with Crippen molar-refractivity contribution in [3.8, 4) is 0 Å². The number of imidazole rings is 1. The number of azide groups is 1.